The molecule has 1 aliphatic rings. The van der Waals surface area contributed by atoms with Crippen LogP contribution < -0.4 is 4.74 Å². The number of rotatable bonds is 1. The average molecular weight is 284 g/mol. The topological polar surface area (TPSA) is 39.4 Å². The Morgan fingerprint density at radius 2 is 2.10 bits per heavy atom. The number of furan rings is 1. The number of fused-ring (bicyclic) bond motifs is 3. The van der Waals surface area contributed by atoms with Gasteiger partial charge >= 0.3 is 0 Å². The molecule has 3 heteroatoms. The van der Waals surface area contributed by atoms with Gasteiger partial charge in [-0.1, -0.05) is 12.5 Å². The molecule has 1 aliphatic carbocycles. The molecule has 0 radical (unpaired) electrons. The van der Waals surface area contributed by atoms with Gasteiger partial charge in [-0.15, -0.1) is 0 Å². The molecule has 1 heterocycles. The summed E-state index contributed by atoms with van der Waals surface area (Å²) in [6.45, 7) is 6.14. The number of ketones is 1. The summed E-state index contributed by atoms with van der Waals surface area (Å²) in [4.78, 5) is 12.9. The second-order valence-electron chi connectivity index (χ2n) is 5.95. The fraction of sp³-hybridized carbons (Fsp3) is 0.389. The molecule has 1 unspecified atom stereocenters. The minimum Gasteiger partial charge on any atom is -0.497 e. The predicted octanol–water partition coefficient (Wildman–Crippen LogP) is 4.86. The van der Waals surface area contributed by atoms with Crippen LogP contribution in [-0.4, -0.2) is 12.9 Å². The standard InChI is InChI=1S/C18H20O3/c1-10(2)13-7-5-11(3)18-16(17(13)19)14-9-12(20-4)6-8-15(14)21-18/h6,8-9,11H,5,7H2,1-4H3. The predicted molar refractivity (Wildman–Crippen MR) is 83.1 cm³/mol. The summed E-state index contributed by atoms with van der Waals surface area (Å²) in [5.74, 6) is 1.93. The van der Waals surface area contributed by atoms with E-state index in [1.165, 1.54) is 0 Å². The van der Waals surface area contributed by atoms with Crippen LogP contribution in [0.2, 0.25) is 0 Å². The molecule has 3 nitrogen and oxygen atoms in total. The Bertz CT molecular complexity index is 745. The summed E-state index contributed by atoms with van der Waals surface area (Å²) < 4.78 is 11.3. The minimum absolute atomic E-state index is 0.112. The third kappa shape index (κ3) is 2.17. The molecule has 0 fully saturated rings. The lowest BCUT2D eigenvalue weighted by Gasteiger charge is -2.06. The van der Waals surface area contributed by atoms with Crippen molar-refractivity contribution >= 4 is 16.8 Å². The van der Waals surface area contributed by atoms with Crippen molar-refractivity contribution in [2.75, 3.05) is 7.11 Å². The third-order valence-electron chi connectivity index (χ3n) is 4.30. The van der Waals surface area contributed by atoms with Crippen molar-refractivity contribution in [2.45, 2.75) is 39.5 Å². The van der Waals surface area contributed by atoms with Gasteiger partial charge < -0.3 is 9.15 Å². The summed E-state index contributed by atoms with van der Waals surface area (Å²) in [6.07, 6.45) is 1.76. The van der Waals surface area contributed by atoms with E-state index in [0.29, 0.717) is 0 Å². The number of methoxy groups -OCH3 is 1. The number of benzene rings is 1. The van der Waals surface area contributed by atoms with Gasteiger partial charge in [-0.2, -0.15) is 0 Å². The molecule has 21 heavy (non-hydrogen) atoms. The van der Waals surface area contributed by atoms with Crippen molar-refractivity contribution in [1.29, 1.82) is 0 Å². The van der Waals surface area contributed by atoms with E-state index in [4.69, 9.17) is 9.15 Å². The van der Waals surface area contributed by atoms with Gasteiger partial charge in [-0.25, -0.2) is 0 Å². The van der Waals surface area contributed by atoms with Crippen LogP contribution in [0.1, 0.15) is 55.6 Å². The molecule has 2 aromatic rings. The van der Waals surface area contributed by atoms with Gasteiger partial charge in [-0.05, 0) is 50.5 Å². The highest BCUT2D eigenvalue weighted by atomic mass is 16.5. The summed E-state index contributed by atoms with van der Waals surface area (Å²) in [6, 6.07) is 5.64. The number of ether oxygens (including phenoxy) is 1. The van der Waals surface area contributed by atoms with Crippen molar-refractivity contribution in [1.82, 2.24) is 0 Å². The molecule has 110 valence electrons. The first-order valence-corrected chi connectivity index (χ1v) is 7.34. The maximum atomic E-state index is 12.9. The summed E-state index contributed by atoms with van der Waals surface area (Å²) in [5, 5.41) is 0.863. The van der Waals surface area contributed by atoms with Gasteiger partial charge in [0.25, 0.3) is 0 Å². The minimum atomic E-state index is 0.112. The molecule has 1 atom stereocenters. The third-order valence-corrected chi connectivity index (χ3v) is 4.30. The van der Waals surface area contributed by atoms with Gasteiger partial charge in [0, 0.05) is 11.3 Å². The Hall–Kier alpha value is -2.03. The second-order valence-corrected chi connectivity index (χ2v) is 5.95. The van der Waals surface area contributed by atoms with E-state index in [-0.39, 0.29) is 11.7 Å². The van der Waals surface area contributed by atoms with Crippen LogP contribution in [0.15, 0.2) is 33.8 Å². The van der Waals surface area contributed by atoms with Crippen LogP contribution in [0.3, 0.4) is 0 Å². The van der Waals surface area contributed by atoms with Crippen molar-refractivity contribution in [3.05, 3.63) is 40.7 Å². The molecule has 0 N–H and O–H groups in total. The Labute approximate surface area is 124 Å². The lowest BCUT2D eigenvalue weighted by molar-refractivity contribution is 0.103. The fourth-order valence-electron chi connectivity index (χ4n) is 3.04. The SMILES string of the molecule is COc1ccc2oc3c(c2c1)C(=O)C(=C(C)C)CCC3C. The van der Waals surface area contributed by atoms with Crippen molar-refractivity contribution in [2.24, 2.45) is 0 Å². The first kappa shape index (κ1) is 13.9. The van der Waals surface area contributed by atoms with Crippen molar-refractivity contribution < 1.29 is 13.9 Å². The second kappa shape index (κ2) is 5.06. The van der Waals surface area contributed by atoms with Crippen LogP contribution in [0.5, 0.6) is 5.75 Å². The maximum absolute atomic E-state index is 12.9. The van der Waals surface area contributed by atoms with Crippen molar-refractivity contribution in [3.8, 4) is 5.75 Å². The van der Waals surface area contributed by atoms with Gasteiger partial charge in [0.05, 0.1) is 12.7 Å². The van der Waals surface area contributed by atoms with E-state index in [1.54, 1.807) is 7.11 Å². The molecular weight excluding hydrogens is 264 g/mol. The van der Waals surface area contributed by atoms with E-state index in [2.05, 4.69) is 6.92 Å². The Morgan fingerprint density at radius 1 is 1.33 bits per heavy atom. The first-order chi connectivity index (χ1) is 10.0. The monoisotopic (exact) mass is 284 g/mol. The normalized spacial score (nSPS) is 18.6. The van der Waals surface area contributed by atoms with Crippen molar-refractivity contribution in [3.63, 3.8) is 0 Å². The number of Topliss-reactive ketones (excluding diaryl/α,β-unsaturated/α-hetero) is 1. The number of carbonyl (C=O) groups is 1. The fourth-order valence-corrected chi connectivity index (χ4v) is 3.04. The highest BCUT2D eigenvalue weighted by molar-refractivity contribution is 6.17. The van der Waals surface area contributed by atoms with Crippen LogP contribution >= 0.6 is 0 Å². The molecule has 0 spiro atoms. The number of allylic oxidation sites excluding steroid dienone is 2. The number of hydrogen-bond acceptors (Lipinski definition) is 3. The Balaban J connectivity index is 2.31. The Kier molecular flexibility index (Phi) is 3.36. The van der Waals surface area contributed by atoms with Crippen LogP contribution in [0, 0.1) is 0 Å². The smallest absolute Gasteiger partial charge is 0.193 e. The lowest BCUT2D eigenvalue weighted by Crippen LogP contribution is -2.04. The molecular formula is C18H20O3. The van der Waals surface area contributed by atoms with E-state index in [1.807, 2.05) is 32.0 Å². The molecule has 0 bridgehead atoms. The van der Waals surface area contributed by atoms with Gasteiger partial charge in [0.1, 0.15) is 17.1 Å². The molecule has 3 rings (SSSR count). The lowest BCUT2D eigenvalue weighted by atomic mass is 9.97. The zero-order valence-corrected chi connectivity index (χ0v) is 12.9. The quantitative estimate of drug-likeness (QED) is 0.554. The van der Waals surface area contributed by atoms with Crippen LogP contribution in [0.25, 0.3) is 11.0 Å². The molecule has 0 aliphatic heterocycles. The molecule has 1 aromatic carbocycles. The zero-order chi connectivity index (χ0) is 15.1. The zero-order valence-electron chi connectivity index (χ0n) is 12.9. The first-order valence-electron chi connectivity index (χ1n) is 7.34. The number of hydrogen-bond donors (Lipinski definition) is 0. The van der Waals surface area contributed by atoms with E-state index in [9.17, 15) is 4.79 Å². The Morgan fingerprint density at radius 3 is 2.76 bits per heavy atom. The van der Waals surface area contributed by atoms with E-state index < -0.39 is 0 Å². The molecule has 0 amide bonds. The van der Waals surface area contributed by atoms with Gasteiger partial charge in [0.15, 0.2) is 5.78 Å². The van der Waals surface area contributed by atoms with Gasteiger partial charge in [0.2, 0.25) is 0 Å². The average Bonchev–Trinajstić information content (AvgIpc) is 2.79. The maximum Gasteiger partial charge on any atom is 0.193 e. The van der Waals surface area contributed by atoms with Crippen LogP contribution in [0.4, 0.5) is 0 Å². The summed E-state index contributed by atoms with van der Waals surface area (Å²) in [7, 11) is 1.63. The summed E-state index contributed by atoms with van der Waals surface area (Å²) >= 11 is 0. The number of carbonyl (C=O) groups excluding carboxylic acids is 1. The van der Waals surface area contributed by atoms with Crippen LogP contribution in [-0.2, 0) is 0 Å². The van der Waals surface area contributed by atoms with Gasteiger partial charge in [-0.3, -0.25) is 4.79 Å². The molecule has 0 saturated carbocycles. The molecule has 1 aromatic heterocycles. The largest absolute Gasteiger partial charge is 0.497 e. The van der Waals surface area contributed by atoms with E-state index >= 15 is 0 Å². The molecule has 0 saturated heterocycles. The summed E-state index contributed by atoms with van der Waals surface area (Å²) in [5.41, 5.74) is 3.50. The highest BCUT2D eigenvalue weighted by Gasteiger charge is 2.30. The van der Waals surface area contributed by atoms with E-state index in [0.717, 1.165) is 52.0 Å². The highest BCUT2D eigenvalue weighted by Crippen LogP contribution is 2.40.